The molecule has 1 amide bonds. The van der Waals surface area contributed by atoms with Crippen LogP contribution in [0.1, 0.15) is 17.0 Å². The van der Waals surface area contributed by atoms with Gasteiger partial charge in [0.15, 0.2) is 5.16 Å². The van der Waals surface area contributed by atoms with Crippen molar-refractivity contribution >= 4 is 23.4 Å². The van der Waals surface area contributed by atoms with E-state index in [1.54, 1.807) is 7.11 Å². The van der Waals surface area contributed by atoms with Crippen LogP contribution in [-0.2, 0) is 28.7 Å². The molecule has 0 radical (unpaired) electrons. The van der Waals surface area contributed by atoms with Crippen LogP contribution in [0.5, 0.6) is 0 Å². The molecule has 0 spiro atoms. The summed E-state index contributed by atoms with van der Waals surface area (Å²) in [5.74, 6) is 0.284. The largest absolute Gasteiger partial charge is 0.416 e. The van der Waals surface area contributed by atoms with Crippen molar-refractivity contribution in [1.29, 1.82) is 0 Å². The molecule has 0 fully saturated rings. The molecule has 0 aliphatic heterocycles. The predicted octanol–water partition coefficient (Wildman–Crippen LogP) is 4.26. The quantitative estimate of drug-likeness (QED) is 0.493. The van der Waals surface area contributed by atoms with Gasteiger partial charge in [0.25, 0.3) is 0 Å². The standard InChI is InChI=1S/C21H21F3N4O2S/c1-30-11-10-28-18(12-15-6-3-2-4-7-15)26-27-20(28)31-14-19(29)25-17-9-5-8-16(13-17)21(22,23)24/h2-9,13H,10-12,14H2,1H3,(H,25,29). The molecule has 1 aromatic heterocycles. The second kappa shape index (κ2) is 10.5. The van der Waals surface area contributed by atoms with E-state index in [1.807, 2.05) is 34.9 Å². The molecular formula is C21H21F3N4O2S. The number of rotatable bonds is 9. The SMILES string of the molecule is COCCn1c(Cc2ccccc2)nnc1SCC(=O)Nc1cccc(C(F)(F)F)c1. The fourth-order valence-electron chi connectivity index (χ4n) is 2.84. The van der Waals surface area contributed by atoms with Crippen LogP contribution < -0.4 is 5.32 Å². The lowest BCUT2D eigenvalue weighted by Crippen LogP contribution is -2.16. The summed E-state index contributed by atoms with van der Waals surface area (Å²) in [6.07, 6.45) is -3.89. The van der Waals surface area contributed by atoms with Crippen molar-refractivity contribution in [2.75, 3.05) is 24.8 Å². The Balaban J connectivity index is 1.66. The molecule has 0 aliphatic rings. The van der Waals surface area contributed by atoms with Gasteiger partial charge in [-0.3, -0.25) is 4.79 Å². The number of hydrogen-bond donors (Lipinski definition) is 1. The third kappa shape index (κ3) is 6.56. The maximum absolute atomic E-state index is 12.8. The Hall–Kier alpha value is -2.85. The molecule has 3 rings (SSSR count). The molecular weight excluding hydrogens is 429 g/mol. The Morgan fingerprint density at radius 2 is 1.90 bits per heavy atom. The maximum atomic E-state index is 12.8. The highest BCUT2D eigenvalue weighted by atomic mass is 32.2. The van der Waals surface area contributed by atoms with Crippen LogP contribution in [0.3, 0.4) is 0 Å². The van der Waals surface area contributed by atoms with Crippen LogP contribution in [0.2, 0.25) is 0 Å². The fourth-order valence-corrected chi connectivity index (χ4v) is 3.63. The number of amides is 1. The third-order valence-corrected chi connectivity index (χ3v) is 5.29. The maximum Gasteiger partial charge on any atom is 0.416 e. The zero-order valence-electron chi connectivity index (χ0n) is 16.7. The molecule has 0 aliphatic carbocycles. The number of halogens is 3. The van der Waals surface area contributed by atoms with Crippen molar-refractivity contribution in [2.45, 2.75) is 24.3 Å². The molecule has 1 N–H and O–H groups in total. The zero-order valence-corrected chi connectivity index (χ0v) is 17.5. The monoisotopic (exact) mass is 450 g/mol. The molecule has 31 heavy (non-hydrogen) atoms. The number of nitrogens with zero attached hydrogens (tertiary/aromatic N) is 3. The third-order valence-electron chi connectivity index (χ3n) is 4.32. The van der Waals surface area contributed by atoms with Crippen LogP contribution in [0.15, 0.2) is 59.8 Å². The summed E-state index contributed by atoms with van der Waals surface area (Å²) in [6.45, 7) is 0.965. The number of aromatic nitrogens is 3. The first-order chi connectivity index (χ1) is 14.9. The van der Waals surface area contributed by atoms with E-state index < -0.39 is 17.6 Å². The van der Waals surface area contributed by atoms with Crippen molar-refractivity contribution in [1.82, 2.24) is 14.8 Å². The number of methoxy groups -OCH3 is 1. The number of anilines is 1. The lowest BCUT2D eigenvalue weighted by atomic mass is 10.1. The average molecular weight is 450 g/mol. The van der Waals surface area contributed by atoms with E-state index in [0.29, 0.717) is 24.7 Å². The summed E-state index contributed by atoms with van der Waals surface area (Å²) in [4.78, 5) is 12.3. The van der Waals surface area contributed by atoms with E-state index in [4.69, 9.17) is 4.74 Å². The first-order valence-electron chi connectivity index (χ1n) is 9.41. The van der Waals surface area contributed by atoms with Gasteiger partial charge < -0.3 is 14.6 Å². The Morgan fingerprint density at radius 1 is 1.13 bits per heavy atom. The van der Waals surface area contributed by atoms with Gasteiger partial charge in [0.2, 0.25) is 5.91 Å². The van der Waals surface area contributed by atoms with Crippen LogP contribution in [0.4, 0.5) is 18.9 Å². The molecule has 164 valence electrons. The average Bonchev–Trinajstić information content (AvgIpc) is 3.12. The molecule has 0 saturated carbocycles. The van der Waals surface area contributed by atoms with Gasteiger partial charge in [-0.25, -0.2) is 0 Å². The highest BCUT2D eigenvalue weighted by molar-refractivity contribution is 7.99. The van der Waals surface area contributed by atoms with E-state index >= 15 is 0 Å². The molecule has 0 bridgehead atoms. The number of hydrogen-bond acceptors (Lipinski definition) is 5. The fraction of sp³-hybridized carbons (Fsp3) is 0.286. The number of ether oxygens (including phenoxy) is 1. The molecule has 2 aromatic carbocycles. The first-order valence-corrected chi connectivity index (χ1v) is 10.4. The highest BCUT2D eigenvalue weighted by Gasteiger charge is 2.30. The zero-order chi connectivity index (χ0) is 22.3. The normalized spacial score (nSPS) is 11.5. The lowest BCUT2D eigenvalue weighted by molar-refractivity contribution is -0.137. The van der Waals surface area contributed by atoms with Gasteiger partial charge in [-0.2, -0.15) is 13.2 Å². The minimum atomic E-state index is -4.47. The summed E-state index contributed by atoms with van der Waals surface area (Å²) in [6, 6.07) is 14.3. The molecule has 3 aromatic rings. The van der Waals surface area contributed by atoms with Crippen molar-refractivity contribution in [2.24, 2.45) is 0 Å². The van der Waals surface area contributed by atoms with Crippen LogP contribution in [0.25, 0.3) is 0 Å². The van der Waals surface area contributed by atoms with Crippen LogP contribution in [-0.4, -0.2) is 40.1 Å². The molecule has 0 saturated heterocycles. The minimum Gasteiger partial charge on any atom is -0.383 e. The van der Waals surface area contributed by atoms with Gasteiger partial charge in [-0.15, -0.1) is 10.2 Å². The summed E-state index contributed by atoms with van der Waals surface area (Å²) in [5.41, 5.74) is 0.348. The van der Waals surface area contributed by atoms with E-state index in [-0.39, 0.29) is 11.4 Å². The van der Waals surface area contributed by atoms with Gasteiger partial charge in [-0.05, 0) is 23.8 Å². The predicted molar refractivity (Wildman–Crippen MR) is 112 cm³/mol. The second-order valence-corrected chi connectivity index (χ2v) is 7.56. The highest BCUT2D eigenvalue weighted by Crippen LogP contribution is 2.30. The van der Waals surface area contributed by atoms with Crippen molar-refractivity contribution in [3.63, 3.8) is 0 Å². The van der Waals surface area contributed by atoms with Gasteiger partial charge in [0, 0.05) is 25.8 Å². The molecule has 0 unspecified atom stereocenters. The summed E-state index contributed by atoms with van der Waals surface area (Å²) < 4.78 is 45.6. The topological polar surface area (TPSA) is 69.0 Å². The van der Waals surface area contributed by atoms with E-state index in [2.05, 4.69) is 15.5 Å². The van der Waals surface area contributed by atoms with Gasteiger partial charge >= 0.3 is 6.18 Å². The van der Waals surface area contributed by atoms with Crippen molar-refractivity contribution < 1.29 is 22.7 Å². The number of benzene rings is 2. The van der Waals surface area contributed by atoms with Crippen LogP contribution >= 0.6 is 11.8 Å². The number of alkyl halides is 3. The Kier molecular flexibility index (Phi) is 7.69. The van der Waals surface area contributed by atoms with Gasteiger partial charge in [0.1, 0.15) is 5.82 Å². The Morgan fingerprint density at radius 3 is 2.61 bits per heavy atom. The van der Waals surface area contributed by atoms with Crippen molar-refractivity contribution in [3.8, 4) is 0 Å². The molecule has 1 heterocycles. The number of nitrogens with one attached hydrogen (secondary N) is 1. The van der Waals surface area contributed by atoms with Gasteiger partial charge in [0.05, 0.1) is 17.9 Å². The minimum absolute atomic E-state index is 0.0211. The molecule has 0 atom stereocenters. The summed E-state index contributed by atoms with van der Waals surface area (Å²) in [5, 5.41) is 11.5. The summed E-state index contributed by atoms with van der Waals surface area (Å²) >= 11 is 1.17. The first kappa shape index (κ1) is 22.8. The number of thioether (sulfide) groups is 1. The summed E-state index contributed by atoms with van der Waals surface area (Å²) in [7, 11) is 1.59. The number of carbonyl (C=O) groups excluding carboxylic acids is 1. The second-order valence-electron chi connectivity index (χ2n) is 6.62. The molecule has 10 heteroatoms. The van der Waals surface area contributed by atoms with E-state index in [0.717, 1.165) is 23.5 Å². The van der Waals surface area contributed by atoms with E-state index in [1.165, 1.54) is 23.9 Å². The van der Waals surface area contributed by atoms with E-state index in [9.17, 15) is 18.0 Å². The lowest BCUT2D eigenvalue weighted by Gasteiger charge is -2.11. The van der Waals surface area contributed by atoms with Crippen molar-refractivity contribution in [3.05, 3.63) is 71.5 Å². The number of carbonyl (C=O) groups is 1. The smallest absolute Gasteiger partial charge is 0.383 e. The Labute approximate surface area is 181 Å². The molecule has 6 nitrogen and oxygen atoms in total. The Bertz CT molecular complexity index is 1010. The van der Waals surface area contributed by atoms with Crippen LogP contribution in [0, 0.1) is 0 Å². The van der Waals surface area contributed by atoms with Gasteiger partial charge in [-0.1, -0.05) is 48.2 Å².